The molecule has 9 nitrogen and oxygen atoms in total. The molecule has 3 amide bonds. The number of aliphatic imine (C=N–C) groups is 1. The minimum absolute atomic E-state index is 0.153. The Balaban J connectivity index is 1.16. The van der Waals surface area contributed by atoms with E-state index in [1.165, 1.54) is 51.9 Å². The number of anilines is 1. The predicted octanol–water partition coefficient (Wildman–Crippen LogP) is 6.96. The summed E-state index contributed by atoms with van der Waals surface area (Å²) in [5.74, 6) is -0.0682. The van der Waals surface area contributed by atoms with Crippen molar-refractivity contribution in [2.24, 2.45) is 10.9 Å². The van der Waals surface area contributed by atoms with E-state index in [1.807, 2.05) is 45.0 Å². The lowest BCUT2D eigenvalue weighted by Crippen LogP contribution is -2.35. The maximum absolute atomic E-state index is 15.2. The van der Waals surface area contributed by atoms with Gasteiger partial charge in [-0.1, -0.05) is 43.8 Å². The number of alkyl halides is 4. The highest BCUT2D eigenvalue weighted by molar-refractivity contribution is 8.15. The van der Waals surface area contributed by atoms with Crippen molar-refractivity contribution in [3.8, 4) is 11.4 Å². The van der Waals surface area contributed by atoms with Crippen LogP contribution in [0, 0.1) is 12.8 Å². The Kier molecular flexibility index (Phi) is 9.61. The van der Waals surface area contributed by atoms with E-state index in [0.717, 1.165) is 16.7 Å². The molecule has 1 N–H and O–H groups in total. The van der Waals surface area contributed by atoms with Crippen LogP contribution in [0.1, 0.15) is 56.0 Å². The van der Waals surface area contributed by atoms with Crippen molar-refractivity contribution in [1.82, 2.24) is 20.1 Å². The maximum Gasteiger partial charge on any atom is 0.573 e. The van der Waals surface area contributed by atoms with Crippen LogP contribution in [0.2, 0.25) is 0 Å². The minimum Gasteiger partial charge on any atom is -0.406 e. The number of carbonyl (C=O) groups is 2. The number of aromatic nitrogens is 3. The van der Waals surface area contributed by atoms with E-state index in [4.69, 9.17) is 0 Å². The average molecular weight is 645 g/mol. The Hall–Kier alpha value is -4.20. The second-order valence-electron chi connectivity index (χ2n) is 11.1. The van der Waals surface area contributed by atoms with Gasteiger partial charge in [0.1, 0.15) is 18.2 Å². The molecule has 14 heteroatoms. The number of thioether (sulfide) groups is 1. The molecule has 0 bridgehead atoms. The first-order chi connectivity index (χ1) is 21.4. The Labute approximate surface area is 261 Å². The van der Waals surface area contributed by atoms with Gasteiger partial charge in [0.25, 0.3) is 0 Å². The zero-order valence-corrected chi connectivity index (χ0v) is 25.7. The molecule has 1 aliphatic heterocycles. The SMILES string of the molecule is Cc1ccc(C(C)C)c(N2C(=O)CS/C2=N\C(=O)NCC(F)C2CC=C(c3ncn(-c4ccc(OC(F)(F)F)cc4)n3)CC2)c1. The standard InChI is InChI=1S/C31H32F4N6O3S/c1-18(2)24-13-4-19(3)14-26(24)41-27(42)16-45-30(41)38-29(43)36-15-25(32)20-5-7-21(8-6-20)28-37-17-40(39-28)22-9-11-23(12-10-22)44-31(33,34)35/h4,7,9-14,17-18,20,25H,5-6,8,15-16H2,1-3H3,(H,36,43)/b38-30-. The molecule has 1 fully saturated rings. The largest absolute Gasteiger partial charge is 0.573 e. The van der Waals surface area contributed by atoms with Crippen LogP contribution < -0.4 is 15.0 Å². The first-order valence-corrected chi connectivity index (χ1v) is 15.4. The van der Waals surface area contributed by atoms with Gasteiger partial charge in [0, 0.05) is 0 Å². The second kappa shape index (κ2) is 13.4. The molecule has 1 aliphatic carbocycles. The molecule has 2 atom stereocenters. The van der Waals surface area contributed by atoms with E-state index in [2.05, 4.69) is 25.1 Å². The maximum atomic E-state index is 15.2. The summed E-state index contributed by atoms with van der Waals surface area (Å²) in [6, 6.07) is 10.4. The summed E-state index contributed by atoms with van der Waals surface area (Å²) in [5, 5.41) is 7.24. The molecule has 2 heterocycles. The summed E-state index contributed by atoms with van der Waals surface area (Å²) < 4.78 is 57.7. The number of hydrogen-bond acceptors (Lipinski definition) is 6. The molecule has 2 aliphatic rings. The van der Waals surface area contributed by atoms with Gasteiger partial charge in [-0.25, -0.2) is 18.9 Å². The van der Waals surface area contributed by atoms with Gasteiger partial charge in [-0.2, -0.15) is 4.99 Å². The predicted molar refractivity (Wildman–Crippen MR) is 164 cm³/mol. The normalized spacial score (nSPS) is 18.8. The van der Waals surface area contributed by atoms with Gasteiger partial charge >= 0.3 is 12.4 Å². The van der Waals surface area contributed by atoms with Gasteiger partial charge in [0.2, 0.25) is 5.91 Å². The highest BCUT2D eigenvalue weighted by Crippen LogP contribution is 2.35. The number of benzene rings is 2. The van der Waals surface area contributed by atoms with Crippen LogP contribution in [0.3, 0.4) is 0 Å². The third-order valence-corrected chi connectivity index (χ3v) is 8.46. The lowest BCUT2D eigenvalue weighted by atomic mass is 9.86. The Morgan fingerprint density at radius 2 is 1.96 bits per heavy atom. The first kappa shape index (κ1) is 32.2. The number of aryl methyl sites for hydroxylation is 1. The molecular weight excluding hydrogens is 612 g/mol. The molecule has 3 aromatic rings. The number of rotatable bonds is 8. The lowest BCUT2D eigenvalue weighted by Gasteiger charge is -2.24. The molecule has 0 spiro atoms. The molecule has 1 aromatic heterocycles. The molecule has 2 aromatic carbocycles. The monoisotopic (exact) mass is 644 g/mol. The zero-order valence-electron chi connectivity index (χ0n) is 24.8. The van der Waals surface area contributed by atoms with Gasteiger partial charge in [0.15, 0.2) is 11.0 Å². The number of ether oxygens (including phenoxy) is 1. The van der Waals surface area contributed by atoms with Crippen molar-refractivity contribution in [3.63, 3.8) is 0 Å². The van der Waals surface area contributed by atoms with Gasteiger partial charge in [-0.05, 0) is 85.1 Å². The molecule has 45 heavy (non-hydrogen) atoms. The number of nitrogens with one attached hydrogen (secondary N) is 1. The minimum atomic E-state index is -4.77. The molecule has 1 saturated heterocycles. The number of nitrogens with zero attached hydrogens (tertiary/aromatic N) is 5. The fourth-order valence-corrected chi connectivity index (χ4v) is 6.07. The van der Waals surface area contributed by atoms with Crippen LogP contribution >= 0.6 is 11.8 Å². The molecular formula is C31H32F4N6O3S. The van der Waals surface area contributed by atoms with Crippen molar-refractivity contribution in [1.29, 1.82) is 0 Å². The fourth-order valence-electron chi connectivity index (χ4n) is 5.22. The summed E-state index contributed by atoms with van der Waals surface area (Å²) in [6.45, 7) is 5.77. The van der Waals surface area contributed by atoms with Crippen LogP contribution in [-0.2, 0) is 4.79 Å². The number of allylic oxidation sites excluding steroid dienone is 2. The summed E-state index contributed by atoms with van der Waals surface area (Å²) in [7, 11) is 0. The zero-order chi connectivity index (χ0) is 32.3. The topological polar surface area (TPSA) is 102 Å². The van der Waals surface area contributed by atoms with Crippen LogP contribution in [0.25, 0.3) is 11.3 Å². The molecule has 238 valence electrons. The highest BCUT2D eigenvalue weighted by Gasteiger charge is 2.33. The molecule has 0 radical (unpaired) electrons. The van der Waals surface area contributed by atoms with Gasteiger partial charge in [0.05, 0.1) is 23.7 Å². The number of hydrogen-bond donors (Lipinski definition) is 1. The van der Waals surface area contributed by atoms with Crippen molar-refractivity contribution in [3.05, 3.63) is 71.8 Å². The number of amides is 3. The average Bonchev–Trinajstić information content (AvgIpc) is 3.62. The van der Waals surface area contributed by atoms with Gasteiger partial charge in [-0.3, -0.25) is 9.69 Å². The van der Waals surface area contributed by atoms with Crippen LogP contribution in [0.4, 0.5) is 28.0 Å². The summed E-state index contributed by atoms with van der Waals surface area (Å²) in [5.41, 5.74) is 3.99. The van der Waals surface area contributed by atoms with E-state index in [-0.39, 0.29) is 41.0 Å². The quantitative estimate of drug-likeness (QED) is 0.266. The first-order valence-electron chi connectivity index (χ1n) is 14.4. The molecule has 5 rings (SSSR count). The fraction of sp³-hybridized carbons (Fsp3) is 0.387. The van der Waals surface area contributed by atoms with Crippen LogP contribution in [-0.4, -0.2) is 56.7 Å². The number of halogens is 4. The third kappa shape index (κ3) is 7.91. The lowest BCUT2D eigenvalue weighted by molar-refractivity contribution is -0.274. The van der Waals surface area contributed by atoms with Crippen molar-refractivity contribution < 1.29 is 31.9 Å². The number of urea groups is 1. The van der Waals surface area contributed by atoms with Gasteiger partial charge < -0.3 is 10.1 Å². The third-order valence-electron chi connectivity index (χ3n) is 7.54. The van der Waals surface area contributed by atoms with E-state index in [9.17, 15) is 22.8 Å². The van der Waals surface area contributed by atoms with Crippen LogP contribution in [0.5, 0.6) is 5.75 Å². The summed E-state index contributed by atoms with van der Waals surface area (Å²) in [6.07, 6.45) is -1.31. The number of amidine groups is 1. The van der Waals surface area contributed by atoms with Gasteiger partial charge in [-0.15, -0.1) is 18.3 Å². The van der Waals surface area contributed by atoms with E-state index < -0.39 is 18.6 Å². The van der Waals surface area contributed by atoms with Crippen molar-refractivity contribution in [2.45, 2.75) is 58.5 Å². The Morgan fingerprint density at radius 3 is 2.62 bits per heavy atom. The van der Waals surface area contributed by atoms with E-state index >= 15 is 4.39 Å². The molecule has 2 unspecified atom stereocenters. The smallest absolute Gasteiger partial charge is 0.406 e. The second-order valence-corrected chi connectivity index (χ2v) is 12.1. The highest BCUT2D eigenvalue weighted by atomic mass is 32.2. The summed E-state index contributed by atoms with van der Waals surface area (Å²) >= 11 is 1.18. The van der Waals surface area contributed by atoms with Crippen LogP contribution in [0.15, 0.2) is 59.9 Å². The van der Waals surface area contributed by atoms with E-state index in [0.29, 0.717) is 36.5 Å². The number of carbonyl (C=O) groups excluding carboxylic acids is 2. The summed E-state index contributed by atoms with van der Waals surface area (Å²) in [4.78, 5) is 35.3. The Bertz CT molecular complexity index is 1620. The van der Waals surface area contributed by atoms with Crippen molar-refractivity contribution >= 4 is 40.1 Å². The molecule has 0 saturated carbocycles. The Morgan fingerprint density at radius 1 is 1.20 bits per heavy atom. The van der Waals surface area contributed by atoms with E-state index in [1.54, 1.807) is 0 Å². The van der Waals surface area contributed by atoms with Crippen molar-refractivity contribution in [2.75, 3.05) is 17.2 Å².